The molecule has 14 heavy (non-hydrogen) atoms. The first-order valence-corrected chi connectivity index (χ1v) is 7.24. The average molecular weight is 209 g/mol. The van der Waals surface area contributed by atoms with Crippen LogP contribution in [0.2, 0.25) is 0 Å². The quantitative estimate of drug-likeness (QED) is 0.758. The topological polar surface area (TPSA) is 26.0 Å². The second-order valence-corrected chi connectivity index (χ2v) is 7.67. The second-order valence-electron chi connectivity index (χ2n) is 3.78. The highest BCUT2D eigenvalue weighted by molar-refractivity contribution is 8.33. The lowest BCUT2D eigenvalue weighted by Crippen LogP contribution is -2.25. The van der Waals surface area contributed by atoms with Crippen molar-refractivity contribution in [3.05, 3.63) is 43.0 Å². The Labute approximate surface area is 88.3 Å². The lowest BCUT2D eigenvalue weighted by atomic mass is 10.4. The Bertz CT molecular complexity index is 292. The zero-order chi connectivity index (χ0) is 10.6. The van der Waals surface area contributed by atoms with Crippen LogP contribution in [0.1, 0.15) is 6.42 Å². The fraction of sp³-hybridized carbons (Fsp3) is 0.333. The first kappa shape index (κ1) is 11.3. The molecular formula is C12H19NS. The monoisotopic (exact) mass is 209 g/mol. The second kappa shape index (κ2) is 4.67. The van der Waals surface area contributed by atoms with Crippen molar-refractivity contribution in [2.75, 3.05) is 12.5 Å². The van der Waals surface area contributed by atoms with Crippen molar-refractivity contribution >= 4 is 10.0 Å². The van der Waals surface area contributed by atoms with Crippen molar-refractivity contribution in [3.63, 3.8) is 0 Å². The van der Waals surface area contributed by atoms with Crippen LogP contribution in [0.5, 0.6) is 0 Å². The third-order valence-corrected chi connectivity index (χ3v) is 5.70. The van der Waals surface area contributed by atoms with Crippen molar-refractivity contribution in [2.24, 2.45) is 5.73 Å². The highest BCUT2D eigenvalue weighted by atomic mass is 32.3. The summed E-state index contributed by atoms with van der Waals surface area (Å²) in [6, 6.07) is 10.5. The predicted molar refractivity (Wildman–Crippen MR) is 66.9 cm³/mol. The number of hydrogen-bond acceptors (Lipinski definition) is 1. The van der Waals surface area contributed by atoms with Gasteiger partial charge in [-0.05, 0) is 23.8 Å². The minimum atomic E-state index is -0.895. The van der Waals surface area contributed by atoms with E-state index < -0.39 is 10.0 Å². The molecule has 0 aliphatic rings. The van der Waals surface area contributed by atoms with Gasteiger partial charge >= 0.3 is 0 Å². The summed E-state index contributed by atoms with van der Waals surface area (Å²) in [7, 11) is -0.895. The summed E-state index contributed by atoms with van der Waals surface area (Å²) in [6.07, 6.45) is 7.31. The van der Waals surface area contributed by atoms with Crippen LogP contribution >= 0.6 is 10.0 Å². The molecule has 1 aromatic carbocycles. The van der Waals surface area contributed by atoms with Crippen molar-refractivity contribution in [1.29, 1.82) is 0 Å². The molecule has 1 aromatic rings. The molecule has 0 spiro atoms. The average Bonchev–Trinajstić information content (AvgIpc) is 2.19. The van der Waals surface area contributed by atoms with Crippen LogP contribution in [0.4, 0.5) is 0 Å². The fourth-order valence-corrected chi connectivity index (χ4v) is 3.18. The van der Waals surface area contributed by atoms with Crippen LogP contribution in [0, 0.1) is 0 Å². The van der Waals surface area contributed by atoms with Gasteiger partial charge in [0, 0.05) is 5.37 Å². The van der Waals surface area contributed by atoms with E-state index in [0.29, 0.717) is 0 Å². The van der Waals surface area contributed by atoms with Gasteiger partial charge in [-0.2, -0.15) is 0 Å². The van der Waals surface area contributed by atoms with Crippen molar-refractivity contribution in [2.45, 2.75) is 16.7 Å². The van der Waals surface area contributed by atoms with Gasteiger partial charge in [0.1, 0.15) is 0 Å². The van der Waals surface area contributed by atoms with E-state index in [4.69, 9.17) is 5.73 Å². The molecule has 0 aromatic heterocycles. The summed E-state index contributed by atoms with van der Waals surface area (Å²) in [6.45, 7) is 3.74. The summed E-state index contributed by atoms with van der Waals surface area (Å²) in [5, 5.41) is 0.211. The van der Waals surface area contributed by atoms with E-state index in [1.807, 2.05) is 12.1 Å². The van der Waals surface area contributed by atoms with Gasteiger partial charge in [-0.3, -0.25) is 0 Å². The maximum atomic E-state index is 6.16. The molecule has 0 aliphatic heterocycles. The highest BCUT2D eigenvalue weighted by Gasteiger charge is 2.21. The number of hydrogen-bond donors (Lipinski definition) is 1. The largest absolute Gasteiger partial charge is 0.320 e. The van der Waals surface area contributed by atoms with Gasteiger partial charge in [0.15, 0.2) is 0 Å². The van der Waals surface area contributed by atoms with Crippen LogP contribution in [0.15, 0.2) is 47.9 Å². The third-order valence-electron chi connectivity index (χ3n) is 2.51. The molecule has 0 bridgehead atoms. The predicted octanol–water partition coefficient (Wildman–Crippen LogP) is 2.97. The Kier molecular flexibility index (Phi) is 3.78. The van der Waals surface area contributed by atoms with Crippen LogP contribution in [0.25, 0.3) is 0 Å². The molecule has 2 N–H and O–H groups in total. The first-order chi connectivity index (χ1) is 6.59. The maximum absolute atomic E-state index is 6.16. The zero-order valence-electron chi connectivity index (χ0n) is 8.94. The molecule has 1 rings (SSSR count). The Morgan fingerprint density at radius 3 is 2.43 bits per heavy atom. The van der Waals surface area contributed by atoms with Gasteiger partial charge in [-0.25, -0.2) is 10.0 Å². The van der Waals surface area contributed by atoms with Gasteiger partial charge in [-0.1, -0.05) is 36.4 Å². The van der Waals surface area contributed by atoms with Crippen LogP contribution in [-0.2, 0) is 0 Å². The smallest absolute Gasteiger partial charge is 0.0419 e. The molecule has 0 radical (unpaired) electrons. The van der Waals surface area contributed by atoms with Crippen LogP contribution in [-0.4, -0.2) is 17.9 Å². The van der Waals surface area contributed by atoms with Crippen molar-refractivity contribution in [3.8, 4) is 0 Å². The molecule has 0 saturated heterocycles. The van der Waals surface area contributed by atoms with E-state index in [-0.39, 0.29) is 5.37 Å². The lowest BCUT2D eigenvalue weighted by Gasteiger charge is -2.37. The Balaban J connectivity index is 2.89. The van der Waals surface area contributed by atoms with Gasteiger partial charge in [0.05, 0.1) is 0 Å². The Morgan fingerprint density at radius 2 is 1.93 bits per heavy atom. The minimum Gasteiger partial charge on any atom is -0.320 e. The van der Waals surface area contributed by atoms with Gasteiger partial charge in [-0.15, -0.1) is 6.58 Å². The molecule has 0 saturated carbocycles. The highest BCUT2D eigenvalue weighted by Crippen LogP contribution is 2.52. The molecule has 0 fully saturated rings. The molecule has 1 atom stereocenters. The number of benzene rings is 1. The maximum Gasteiger partial charge on any atom is 0.0419 e. The number of rotatable bonds is 4. The molecule has 0 heterocycles. The Hall–Kier alpha value is -0.730. The normalized spacial score (nSPS) is 14.8. The van der Waals surface area contributed by atoms with Crippen molar-refractivity contribution < 1.29 is 0 Å². The molecule has 1 nitrogen and oxygen atoms in total. The van der Waals surface area contributed by atoms with Crippen LogP contribution < -0.4 is 5.73 Å². The molecule has 78 valence electrons. The molecule has 0 aliphatic carbocycles. The fourth-order valence-electron chi connectivity index (χ4n) is 1.35. The summed E-state index contributed by atoms with van der Waals surface area (Å²) in [5.41, 5.74) is 6.16. The minimum absolute atomic E-state index is 0.211. The standard InChI is InChI=1S/C12H19NS/c1-4-8-12(13)14(2,3)11-9-6-5-7-10-11/h4-7,9-10,12H,1,8,13H2,2-3H3/t12-/m1/s1. The van der Waals surface area contributed by atoms with Gasteiger partial charge in [0.25, 0.3) is 0 Å². The molecule has 2 heteroatoms. The van der Waals surface area contributed by atoms with E-state index in [9.17, 15) is 0 Å². The first-order valence-electron chi connectivity index (χ1n) is 4.73. The summed E-state index contributed by atoms with van der Waals surface area (Å²) >= 11 is 0. The molecule has 0 unspecified atom stereocenters. The lowest BCUT2D eigenvalue weighted by molar-refractivity contribution is 0.919. The number of nitrogens with two attached hydrogens (primary N) is 1. The SMILES string of the molecule is C=CC[C@H](N)S(C)(C)c1ccccc1. The summed E-state index contributed by atoms with van der Waals surface area (Å²) < 4.78 is 0. The van der Waals surface area contributed by atoms with Crippen LogP contribution in [0.3, 0.4) is 0 Å². The van der Waals surface area contributed by atoms with Gasteiger partial charge in [0.2, 0.25) is 0 Å². The Morgan fingerprint density at radius 1 is 1.36 bits per heavy atom. The van der Waals surface area contributed by atoms with Crippen molar-refractivity contribution in [1.82, 2.24) is 0 Å². The van der Waals surface area contributed by atoms with E-state index in [1.165, 1.54) is 4.90 Å². The van der Waals surface area contributed by atoms with E-state index in [2.05, 4.69) is 43.4 Å². The summed E-state index contributed by atoms with van der Waals surface area (Å²) in [4.78, 5) is 1.37. The summed E-state index contributed by atoms with van der Waals surface area (Å²) in [5.74, 6) is 0. The molecule has 0 amide bonds. The molecular weight excluding hydrogens is 190 g/mol. The van der Waals surface area contributed by atoms with Gasteiger partial charge < -0.3 is 5.73 Å². The zero-order valence-corrected chi connectivity index (χ0v) is 9.76. The van der Waals surface area contributed by atoms with E-state index in [0.717, 1.165) is 6.42 Å². The third kappa shape index (κ3) is 2.40. The van der Waals surface area contributed by atoms with E-state index in [1.54, 1.807) is 0 Å². The van der Waals surface area contributed by atoms with E-state index >= 15 is 0 Å².